The Labute approximate surface area is 91.2 Å². The summed E-state index contributed by atoms with van der Waals surface area (Å²) in [5.41, 5.74) is -0.828. The molecule has 0 aromatic heterocycles. The molecule has 1 aliphatic heterocycles. The third-order valence-electron chi connectivity index (χ3n) is 2.55. The summed E-state index contributed by atoms with van der Waals surface area (Å²) in [7, 11) is 0. The highest BCUT2D eigenvalue weighted by Crippen LogP contribution is 2.17. The summed E-state index contributed by atoms with van der Waals surface area (Å²) < 4.78 is 5.19. The summed E-state index contributed by atoms with van der Waals surface area (Å²) in [6, 6.07) is 0. The number of likely N-dealkylation sites (N-methyl/N-ethyl adjacent to an activating group) is 1. The summed E-state index contributed by atoms with van der Waals surface area (Å²) in [5.74, 6) is 0.101. The molecule has 15 heavy (non-hydrogen) atoms. The van der Waals surface area contributed by atoms with Crippen molar-refractivity contribution in [3.63, 3.8) is 0 Å². The lowest BCUT2D eigenvalue weighted by atomic mass is 10.0. The first kappa shape index (κ1) is 12.5. The van der Waals surface area contributed by atoms with Crippen LogP contribution >= 0.6 is 0 Å². The third-order valence-corrected chi connectivity index (χ3v) is 2.55. The van der Waals surface area contributed by atoms with Crippen LogP contribution in [0.2, 0.25) is 0 Å². The van der Waals surface area contributed by atoms with Gasteiger partial charge in [0.15, 0.2) is 0 Å². The van der Waals surface area contributed by atoms with Crippen LogP contribution in [0.3, 0.4) is 0 Å². The van der Waals surface area contributed by atoms with Crippen LogP contribution in [0.25, 0.3) is 0 Å². The molecule has 0 bridgehead atoms. The average molecular weight is 215 g/mol. The van der Waals surface area contributed by atoms with E-state index in [0.717, 1.165) is 6.42 Å². The van der Waals surface area contributed by atoms with E-state index in [9.17, 15) is 9.90 Å². The molecule has 1 aliphatic rings. The highest BCUT2D eigenvalue weighted by atomic mass is 16.5. The van der Waals surface area contributed by atoms with E-state index in [1.165, 1.54) is 0 Å². The van der Waals surface area contributed by atoms with Gasteiger partial charge in [0.05, 0.1) is 18.1 Å². The molecular formula is C11H21NO3. The number of nitrogens with zero attached hydrogens (tertiary/aromatic N) is 1. The van der Waals surface area contributed by atoms with E-state index in [4.69, 9.17) is 4.74 Å². The van der Waals surface area contributed by atoms with Gasteiger partial charge >= 0.3 is 0 Å². The standard InChI is InChI=1S/C11H21NO3/c1-4-12(8-11(2,3)14)10(13)9-5-6-15-7-9/h9,14H,4-8H2,1-3H3. The van der Waals surface area contributed by atoms with Gasteiger partial charge < -0.3 is 14.7 Å². The number of amides is 1. The third kappa shape index (κ3) is 3.80. The van der Waals surface area contributed by atoms with Crippen molar-refractivity contribution in [2.45, 2.75) is 32.8 Å². The van der Waals surface area contributed by atoms with Crippen molar-refractivity contribution in [2.24, 2.45) is 5.92 Å². The molecule has 1 amide bonds. The topological polar surface area (TPSA) is 49.8 Å². The van der Waals surface area contributed by atoms with E-state index in [2.05, 4.69) is 0 Å². The zero-order valence-corrected chi connectivity index (χ0v) is 9.82. The van der Waals surface area contributed by atoms with Crippen LogP contribution in [0.4, 0.5) is 0 Å². The van der Waals surface area contributed by atoms with Crippen LogP contribution < -0.4 is 0 Å². The predicted molar refractivity (Wildman–Crippen MR) is 57.5 cm³/mol. The van der Waals surface area contributed by atoms with E-state index in [1.807, 2.05) is 6.92 Å². The first-order chi connectivity index (χ1) is 6.94. The van der Waals surface area contributed by atoms with Gasteiger partial charge in [0, 0.05) is 19.7 Å². The van der Waals surface area contributed by atoms with E-state index in [1.54, 1.807) is 18.7 Å². The maximum absolute atomic E-state index is 12.0. The van der Waals surface area contributed by atoms with Gasteiger partial charge in [-0.2, -0.15) is 0 Å². The second kappa shape index (κ2) is 4.94. The van der Waals surface area contributed by atoms with E-state index >= 15 is 0 Å². The van der Waals surface area contributed by atoms with Gasteiger partial charge in [0.2, 0.25) is 5.91 Å². The van der Waals surface area contributed by atoms with Crippen LogP contribution in [0, 0.1) is 5.92 Å². The minimum Gasteiger partial charge on any atom is -0.389 e. The van der Waals surface area contributed by atoms with Gasteiger partial charge in [-0.15, -0.1) is 0 Å². The molecule has 1 N–H and O–H groups in total. The molecular weight excluding hydrogens is 194 g/mol. The summed E-state index contributed by atoms with van der Waals surface area (Å²) in [4.78, 5) is 13.7. The minimum atomic E-state index is -0.828. The molecule has 1 heterocycles. The van der Waals surface area contributed by atoms with Crippen LogP contribution in [0.5, 0.6) is 0 Å². The molecule has 1 fully saturated rings. The highest BCUT2D eigenvalue weighted by Gasteiger charge is 2.29. The summed E-state index contributed by atoms with van der Waals surface area (Å²) in [6.07, 6.45) is 0.807. The number of aliphatic hydroxyl groups is 1. The van der Waals surface area contributed by atoms with Crippen LogP contribution in [0.15, 0.2) is 0 Å². The molecule has 0 aromatic rings. The zero-order valence-electron chi connectivity index (χ0n) is 9.82. The van der Waals surface area contributed by atoms with Crippen molar-refractivity contribution >= 4 is 5.91 Å². The smallest absolute Gasteiger partial charge is 0.228 e. The monoisotopic (exact) mass is 215 g/mol. The lowest BCUT2D eigenvalue weighted by molar-refractivity contribution is -0.138. The van der Waals surface area contributed by atoms with Gasteiger partial charge in [-0.3, -0.25) is 4.79 Å². The Hall–Kier alpha value is -0.610. The van der Waals surface area contributed by atoms with E-state index in [0.29, 0.717) is 26.3 Å². The lowest BCUT2D eigenvalue weighted by Gasteiger charge is -2.29. The van der Waals surface area contributed by atoms with Crippen molar-refractivity contribution < 1.29 is 14.6 Å². The second-order valence-corrected chi connectivity index (χ2v) is 4.73. The molecule has 88 valence electrons. The average Bonchev–Trinajstić information content (AvgIpc) is 2.64. The molecule has 0 saturated carbocycles. The largest absolute Gasteiger partial charge is 0.389 e. The van der Waals surface area contributed by atoms with Crippen molar-refractivity contribution in [3.05, 3.63) is 0 Å². The van der Waals surface area contributed by atoms with Crippen LogP contribution in [-0.4, -0.2) is 47.8 Å². The molecule has 0 radical (unpaired) electrons. The maximum atomic E-state index is 12.0. The maximum Gasteiger partial charge on any atom is 0.228 e. The number of hydrogen-bond acceptors (Lipinski definition) is 3. The Balaban J connectivity index is 2.53. The quantitative estimate of drug-likeness (QED) is 0.749. The molecule has 1 unspecified atom stereocenters. The van der Waals surface area contributed by atoms with Crippen molar-refractivity contribution in [2.75, 3.05) is 26.3 Å². The molecule has 1 rings (SSSR count). The van der Waals surface area contributed by atoms with Gasteiger partial charge in [0.1, 0.15) is 0 Å². The highest BCUT2D eigenvalue weighted by molar-refractivity contribution is 5.79. The van der Waals surface area contributed by atoms with Gasteiger partial charge in [-0.25, -0.2) is 0 Å². The van der Waals surface area contributed by atoms with Gasteiger partial charge in [0.25, 0.3) is 0 Å². The Kier molecular flexibility index (Phi) is 4.11. The van der Waals surface area contributed by atoms with Crippen LogP contribution in [0.1, 0.15) is 27.2 Å². The first-order valence-corrected chi connectivity index (χ1v) is 5.53. The normalized spacial score (nSPS) is 21.7. The number of hydrogen-bond donors (Lipinski definition) is 1. The zero-order chi connectivity index (χ0) is 11.5. The summed E-state index contributed by atoms with van der Waals surface area (Å²) in [5, 5.41) is 9.69. The molecule has 0 aromatic carbocycles. The fourth-order valence-corrected chi connectivity index (χ4v) is 1.80. The van der Waals surface area contributed by atoms with Crippen molar-refractivity contribution in [1.29, 1.82) is 0 Å². The van der Waals surface area contributed by atoms with Gasteiger partial charge in [-0.1, -0.05) is 0 Å². The number of carbonyl (C=O) groups is 1. The first-order valence-electron chi connectivity index (χ1n) is 5.53. The molecule has 1 atom stereocenters. The Morgan fingerprint density at radius 1 is 1.60 bits per heavy atom. The molecule has 0 aliphatic carbocycles. The Morgan fingerprint density at radius 2 is 2.27 bits per heavy atom. The van der Waals surface area contributed by atoms with E-state index in [-0.39, 0.29) is 11.8 Å². The Morgan fingerprint density at radius 3 is 2.67 bits per heavy atom. The fourth-order valence-electron chi connectivity index (χ4n) is 1.80. The van der Waals surface area contributed by atoms with E-state index < -0.39 is 5.60 Å². The molecule has 1 saturated heterocycles. The Bertz CT molecular complexity index is 216. The predicted octanol–water partition coefficient (Wildman–Crippen LogP) is 0.642. The summed E-state index contributed by atoms with van der Waals surface area (Å²) in [6.45, 7) is 7.59. The SMILES string of the molecule is CCN(CC(C)(C)O)C(=O)C1CCOC1. The van der Waals surface area contributed by atoms with Gasteiger partial charge in [-0.05, 0) is 27.2 Å². The number of rotatable bonds is 4. The lowest BCUT2D eigenvalue weighted by Crippen LogP contribution is -2.44. The van der Waals surface area contributed by atoms with Crippen molar-refractivity contribution in [1.82, 2.24) is 4.90 Å². The van der Waals surface area contributed by atoms with Crippen LogP contribution in [-0.2, 0) is 9.53 Å². The number of ether oxygens (including phenoxy) is 1. The molecule has 4 nitrogen and oxygen atoms in total. The fraction of sp³-hybridized carbons (Fsp3) is 0.909. The second-order valence-electron chi connectivity index (χ2n) is 4.73. The summed E-state index contributed by atoms with van der Waals surface area (Å²) >= 11 is 0. The molecule has 4 heteroatoms. The minimum absolute atomic E-state index is 0.00713. The molecule has 0 spiro atoms. The van der Waals surface area contributed by atoms with Crippen molar-refractivity contribution in [3.8, 4) is 0 Å². The number of carbonyl (C=O) groups excluding carboxylic acids is 1.